The van der Waals surface area contributed by atoms with Crippen LogP contribution in [0.25, 0.3) is 10.9 Å². The molecule has 0 amide bonds. The zero-order valence-corrected chi connectivity index (χ0v) is 20.2. The topological polar surface area (TPSA) is 47.0 Å². The normalized spacial score (nSPS) is 15.5. The van der Waals surface area contributed by atoms with Crippen molar-refractivity contribution < 1.29 is 9.47 Å². The summed E-state index contributed by atoms with van der Waals surface area (Å²) in [6, 6.07) is 21.1. The molecule has 2 aliphatic rings. The fourth-order valence-corrected chi connectivity index (χ4v) is 5.69. The molecule has 8 heteroatoms. The van der Waals surface area contributed by atoms with Gasteiger partial charge < -0.3 is 14.4 Å². The minimum Gasteiger partial charge on any atom is -0.454 e. The smallest absolute Gasteiger partial charge is 0.231 e. The Bertz CT molecular complexity index is 1300. The predicted octanol–water partition coefficient (Wildman–Crippen LogP) is 6.15. The molecule has 4 heterocycles. The maximum Gasteiger partial charge on any atom is 0.231 e. The Morgan fingerprint density at radius 3 is 2.67 bits per heavy atom. The lowest BCUT2D eigenvalue weighted by Gasteiger charge is -2.30. The molecule has 0 spiro atoms. The van der Waals surface area contributed by atoms with Crippen molar-refractivity contribution in [3.05, 3.63) is 82.0 Å². The minimum absolute atomic E-state index is 0. The van der Waals surface area contributed by atoms with E-state index in [1.54, 1.807) is 23.1 Å². The number of thioether (sulfide) groups is 1. The van der Waals surface area contributed by atoms with E-state index in [1.165, 1.54) is 16.0 Å². The van der Waals surface area contributed by atoms with Crippen molar-refractivity contribution >= 4 is 51.6 Å². The van der Waals surface area contributed by atoms with Crippen LogP contribution in [0.15, 0.2) is 76.1 Å². The van der Waals surface area contributed by atoms with E-state index in [0.717, 1.165) is 58.7 Å². The summed E-state index contributed by atoms with van der Waals surface area (Å²) in [4.78, 5) is 13.7. The molecule has 0 bridgehead atoms. The summed E-state index contributed by atoms with van der Waals surface area (Å²) < 4.78 is 11.1. The van der Waals surface area contributed by atoms with Crippen molar-refractivity contribution in [3.63, 3.8) is 0 Å². The number of hydrogen-bond acceptors (Lipinski definition) is 6. The van der Waals surface area contributed by atoms with Crippen LogP contribution in [0.2, 0.25) is 0 Å². The maximum absolute atomic E-state index is 5.56. The van der Waals surface area contributed by atoms with E-state index >= 15 is 0 Å². The molecule has 0 radical (unpaired) electrons. The third-order valence-electron chi connectivity index (χ3n) is 5.59. The number of aliphatic imine (C=N–C) groups is 1. The van der Waals surface area contributed by atoms with E-state index in [2.05, 4.69) is 58.8 Å². The Kier molecular flexibility index (Phi) is 6.44. The molecule has 5 nitrogen and oxygen atoms in total. The Morgan fingerprint density at radius 1 is 1.00 bits per heavy atom. The molecule has 2 aromatic heterocycles. The average molecular weight is 496 g/mol. The van der Waals surface area contributed by atoms with E-state index in [9.17, 15) is 0 Å². The first-order valence-corrected chi connectivity index (χ1v) is 12.3. The van der Waals surface area contributed by atoms with Crippen LogP contribution in [0.1, 0.15) is 16.0 Å². The molecule has 2 aromatic carbocycles. The monoisotopic (exact) mass is 495 g/mol. The number of rotatable bonds is 5. The fourth-order valence-electron chi connectivity index (χ4n) is 3.99. The van der Waals surface area contributed by atoms with Gasteiger partial charge in [0, 0.05) is 35.0 Å². The second-order valence-electron chi connectivity index (χ2n) is 7.79. The molecule has 4 aromatic rings. The summed E-state index contributed by atoms with van der Waals surface area (Å²) in [6.45, 7) is 2.68. The second-order valence-corrected chi connectivity index (χ2v) is 9.78. The van der Waals surface area contributed by atoms with Crippen LogP contribution in [0, 0.1) is 0 Å². The first-order chi connectivity index (χ1) is 15.8. The highest BCUT2D eigenvalue weighted by atomic mass is 35.5. The number of hydrogen-bond donors (Lipinski definition) is 0. The van der Waals surface area contributed by atoms with Crippen LogP contribution in [0.3, 0.4) is 0 Å². The van der Waals surface area contributed by atoms with Crippen LogP contribution in [0.5, 0.6) is 11.5 Å². The summed E-state index contributed by atoms with van der Waals surface area (Å²) >= 11 is 3.45. The van der Waals surface area contributed by atoms with Crippen molar-refractivity contribution in [1.29, 1.82) is 0 Å². The quantitative estimate of drug-likeness (QED) is 0.332. The largest absolute Gasteiger partial charge is 0.454 e. The highest BCUT2D eigenvalue weighted by Crippen LogP contribution is 2.39. The van der Waals surface area contributed by atoms with E-state index in [4.69, 9.17) is 19.5 Å². The van der Waals surface area contributed by atoms with Gasteiger partial charge in [-0.15, -0.1) is 23.7 Å². The summed E-state index contributed by atoms with van der Waals surface area (Å²) in [7, 11) is 0. The number of amidine groups is 1. The van der Waals surface area contributed by atoms with Crippen molar-refractivity contribution in [2.75, 3.05) is 13.3 Å². The third-order valence-corrected chi connectivity index (χ3v) is 7.56. The number of thiophene rings is 1. The molecule has 0 fully saturated rings. The fraction of sp³-hybridized carbons (Fsp3) is 0.200. The lowest BCUT2D eigenvalue weighted by molar-refractivity contribution is 0.174. The van der Waals surface area contributed by atoms with Crippen molar-refractivity contribution in [1.82, 2.24) is 9.88 Å². The van der Waals surface area contributed by atoms with Gasteiger partial charge >= 0.3 is 0 Å². The van der Waals surface area contributed by atoms with Crippen LogP contribution in [-0.4, -0.2) is 28.4 Å². The van der Waals surface area contributed by atoms with Gasteiger partial charge in [0.15, 0.2) is 16.7 Å². The van der Waals surface area contributed by atoms with Crippen molar-refractivity contribution in [2.24, 2.45) is 4.99 Å². The highest BCUT2D eigenvalue weighted by molar-refractivity contribution is 8.13. The van der Waals surface area contributed by atoms with Gasteiger partial charge in [-0.05, 0) is 47.3 Å². The van der Waals surface area contributed by atoms with Crippen LogP contribution in [0.4, 0.5) is 0 Å². The van der Waals surface area contributed by atoms with Gasteiger partial charge in [-0.25, -0.2) is 4.98 Å². The number of ether oxygens (including phenoxy) is 2. The van der Waals surface area contributed by atoms with E-state index < -0.39 is 0 Å². The van der Waals surface area contributed by atoms with Crippen LogP contribution < -0.4 is 9.47 Å². The van der Waals surface area contributed by atoms with Crippen molar-refractivity contribution in [2.45, 2.75) is 24.5 Å². The highest BCUT2D eigenvalue weighted by Gasteiger charge is 2.25. The summed E-state index contributed by atoms with van der Waals surface area (Å²) in [5.41, 5.74) is 3.46. The molecule has 0 unspecified atom stereocenters. The molecule has 0 aliphatic carbocycles. The molecule has 0 atom stereocenters. The molecule has 6 rings (SSSR count). The molecule has 2 aliphatic heterocycles. The Hall–Kier alpha value is -2.74. The number of pyridine rings is 1. The summed E-state index contributed by atoms with van der Waals surface area (Å²) in [6.07, 6.45) is 0.930. The van der Waals surface area contributed by atoms with Gasteiger partial charge in [0.1, 0.15) is 5.03 Å². The number of benzene rings is 2. The van der Waals surface area contributed by atoms with Gasteiger partial charge in [-0.2, -0.15) is 0 Å². The third kappa shape index (κ3) is 4.67. The maximum atomic E-state index is 5.56. The molecule has 0 saturated heterocycles. The second kappa shape index (κ2) is 9.63. The number of fused-ring (bicyclic) bond motifs is 3. The average Bonchev–Trinajstić information content (AvgIpc) is 3.49. The lowest BCUT2D eigenvalue weighted by Crippen LogP contribution is -2.31. The molecule has 168 valence electrons. The lowest BCUT2D eigenvalue weighted by atomic mass is 10.1. The van der Waals surface area contributed by atoms with Gasteiger partial charge in [-0.1, -0.05) is 36.4 Å². The van der Waals surface area contributed by atoms with Gasteiger partial charge in [0.05, 0.1) is 12.1 Å². The van der Waals surface area contributed by atoms with Gasteiger partial charge in [-0.3, -0.25) is 4.99 Å². The Balaban J connectivity index is 0.00000228. The Morgan fingerprint density at radius 2 is 1.85 bits per heavy atom. The molecule has 0 saturated carbocycles. The van der Waals surface area contributed by atoms with Gasteiger partial charge in [0.2, 0.25) is 6.79 Å². The molecule has 0 N–H and O–H groups in total. The first kappa shape index (κ1) is 22.1. The zero-order chi connectivity index (χ0) is 21.3. The minimum atomic E-state index is 0. The van der Waals surface area contributed by atoms with Crippen LogP contribution in [-0.2, 0) is 19.5 Å². The van der Waals surface area contributed by atoms with E-state index in [0.29, 0.717) is 0 Å². The molecular weight excluding hydrogens is 474 g/mol. The molecular formula is C25H22ClN3O2S2. The Labute approximate surface area is 206 Å². The zero-order valence-electron chi connectivity index (χ0n) is 17.8. The first-order valence-electron chi connectivity index (χ1n) is 10.6. The summed E-state index contributed by atoms with van der Waals surface area (Å²) in [5, 5.41) is 5.27. The van der Waals surface area contributed by atoms with Crippen molar-refractivity contribution in [3.8, 4) is 11.5 Å². The summed E-state index contributed by atoms with van der Waals surface area (Å²) in [5.74, 6) is 1.56. The van der Waals surface area contributed by atoms with Crippen LogP contribution >= 0.6 is 35.5 Å². The van der Waals surface area contributed by atoms with Gasteiger partial charge in [0.25, 0.3) is 0 Å². The number of halogens is 1. The number of aromatic nitrogens is 1. The molecule has 33 heavy (non-hydrogen) atoms. The standard InChI is InChI=1S/C25H21N3O2S2.ClH/c1-2-5-17(6-3-1)8-9-26-25-28(15-20-7-4-10-31-20)14-19-11-18-12-22-23(30-16-29-22)13-21(18)27-24(19)32-25;/h1-7,10-13H,8-9,14-16H2;1H. The van der Waals surface area contributed by atoms with E-state index in [1.807, 2.05) is 12.1 Å². The predicted molar refractivity (Wildman–Crippen MR) is 137 cm³/mol. The van der Waals surface area contributed by atoms with E-state index in [-0.39, 0.29) is 19.2 Å². The SMILES string of the molecule is Cl.c1ccc(CCN=C2Sc3nc4cc5c(cc4cc3CN2Cc2cccs2)OCO5)cc1. The number of nitrogens with zero attached hydrogens (tertiary/aromatic N) is 3.